The zero-order chi connectivity index (χ0) is 27.2. The summed E-state index contributed by atoms with van der Waals surface area (Å²) in [4.78, 5) is 12.2. The molecule has 7 nitrogen and oxygen atoms in total. The molecule has 2 aliphatic rings. The zero-order valence-electron chi connectivity index (χ0n) is 21.9. The van der Waals surface area contributed by atoms with Crippen LogP contribution in [0.1, 0.15) is 22.9 Å². The van der Waals surface area contributed by atoms with Crippen molar-refractivity contribution in [2.75, 3.05) is 17.3 Å². The van der Waals surface area contributed by atoms with E-state index in [-0.39, 0.29) is 5.82 Å². The van der Waals surface area contributed by atoms with Crippen molar-refractivity contribution < 1.29 is 9.13 Å². The molecule has 1 N–H and O–H groups in total. The largest absolute Gasteiger partial charge is 0.497 e. The highest BCUT2D eigenvalue weighted by atomic mass is 19.1. The first-order chi connectivity index (χ1) is 19.6. The second-order valence-corrected chi connectivity index (χ2v) is 9.61. The molecule has 7 rings (SSSR count). The van der Waals surface area contributed by atoms with Gasteiger partial charge >= 0.3 is 0 Å². The number of nitrogens with one attached hydrogen (secondary N) is 1. The van der Waals surface area contributed by atoms with Crippen LogP contribution in [0.5, 0.6) is 5.75 Å². The lowest BCUT2D eigenvalue weighted by molar-refractivity contribution is 0.415. The fourth-order valence-electron chi connectivity index (χ4n) is 5.38. The van der Waals surface area contributed by atoms with Crippen molar-refractivity contribution in [3.63, 3.8) is 0 Å². The molecule has 1 aromatic heterocycles. The predicted octanol–water partition coefficient (Wildman–Crippen LogP) is 7.12. The summed E-state index contributed by atoms with van der Waals surface area (Å²) in [5.41, 5.74) is 5.40. The number of fused-ring (bicyclic) bond motifs is 4. The van der Waals surface area contributed by atoms with Crippen LogP contribution in [0.25, 0.3) is 5.69 Å². The molecule has 0 spiro atoms. The Kier molecular flexibility index (Phi) is 5.66. The summed E-state index contributed by atoms with van der Waals surface area (Å²) in [6, 6.07) is 31.7. The highest BCUT2D eigenvalue weighted by Gasteiger charge is 2.42. The number of methoxy groups -OCH3 is 1. The Morgan fingerprint density at radius 2 is 1.62 bits per heavy atom. The lowest BCUT2D eigenvalue weighted by Gasteiger charge is -2.40. The number of benzene rings is 4. The lowest BCUT2D eigenvalue weighted by Crippen LogP contribution is -2.46. The first-order valence-corrected chi connectivity index (χ1v) is 13.0. The van der Waals surface area contributed by atoms with Gasteiger partial charge in [-0.05, 0) is 49.4 Å². The van der Waals surface area contributed by atoms with Gasteiger partial charge in [0.25, 0.3) is 0 Å². The first kappa shape index (κ1) is 23.8. The number of nitrogens with zero attached hydrogens (tertiary/aromatic N) is 5. The summed E-state index contributed by atoms with van der Waals surface area (Å²) in [5, 5.41) is 8.35. The van der Waals surface area contributed by atoms with Crippen molar-refractivity contribution in [3.8, 4) is 11.4 Å². The van der Waals surface area contributed by atoms with E-state index >= 15 is 4.39 Å². The van der Waals surface area contributed by atoms with Gasteiger partial charge in [-0.15, -0.1) is 0 Å². The van der Waals surface area contributed by atoms with Gasteiger partial charge in [0.15, 0.2) is 17.5 Å². The molecule has 3 heterocycles. The van der Waals surface area contributed by atoms with Gasteiger partial charge in [0.05, 0.1) is 35.9 Å². The van der Waals surface area contributed by atoms with Crippen LogP contribution in [0.15, 0.2) is 113 Å². The van der Waals surface area contributed by atoms with E-state index in [1.54, 1.807) is 13.2 Å². The Morgan fingerprint density at radius 1 is 0.850 bits per heavy atom. The standard InChI is InChI=1S/C32H25FN6O/c1-20-28-29(24-15-6-7-16-25(24)33)38-27-18-9-8-17-26(27)35-30(34-21-11-10-14-23(19-21)40-2)32(38)36-31(28)39(37-20)22-12-4-3-5-13-22/h3-19,29H,1-2H3,(H,34,35)/t29-/m0/s1. The van der Waals surface area contributed by atoms with Crippen LogP contribution < -0.4 is 15.0 Å². The minimum atomic E-state index is -0.528. The number of aryl methyl sites for hydroxylation is 1. The van der Waals surface area contributed by atoms with E-state index in [0.29, 0.717) is 28.8 Å². The van der Waals surface area contributed by atoms with Crippen molar-refractivity contribution in [2.24, 2.45) is 9.98 Å². The SMILES string of the molecule is COc1cccc(NC2=Nc3ccccc3N3C2=Nc2c(c(C)nn2-c2ccccc2)[C@@H]3c2ccccc2F)c1. The van der Waals surface area contributed by atoms with Crippen LogP contribution in [-0.2, 0) is 0 Å². The second-order valence-electron chi connectivity index (χ2n) is 9.61. The topological polar surface area (TPSA) is 67.0 Å². The smallest absolute Gasteiger partial charge is 0.179 e. The number of para-hydroxylation sites is 3. The predicted molar refractivity (Wildman–Crippen MR) is 156 cm³/mol. The monoisotopic (exact) mass is 528 g/mol. The highest BCUT2D eigenvalue weighted by Crippen LogP contribution is 2.48. The average molecular weight is 529 g/mol. The summed E-state index contributed by atoms with van der Waals surface area (Å²) in [7, 11) is 1.63. The third-order valence-corrected chi connectivity index (χ3v) is 7.17. The third kappa shape index (κ3) is 3.84. The van der Waals surface area contributed by atoms with Crippen molar-refractivity contribution in [1.82, 2.24) is 9.78 Å². The number of aliphatic imine (C=N–C) groups is 2. The molecule has 0 unspecified atom stereocenters. The molecule has 8 heteroatoms. The number of aromatic nitrogens is 2. The van der Waals surface area contributed by atoms with E-state index in [4.69, 9.17) is 19.8 Å². The minimum absolute atomic E-state index is 0.297. The highest BCUT2D eigenvalue weighted by molar-refractivity contribution is 6.51. The summed E-state index contributed by atoms with van der Waals surface area (Å²) < 4.78 is 22.9. The molecule has 2 aliphatic heterocycles. The maximum Gasteiger partial charge on any atom is 0.179 e. The number of halogens is 1. The van der Waals surface area contributed by atoms with E-state index in [1.807, 2.05) is 103 Å². The van der Waals surface area contributed by atoms with E-state index in [1.165, 1.54) is 6.07 Å². The van der Waals surface area contributed by atoms with Gasteiger partial charge in [-0.1, -0.05) is 54.6 Å². The number of ether oxygens (including phenoxy) is 1. The van der Waals surface area contributed by atoms with Crippen molar-refractivity contribution in [1.29, 1.82) is 0 Å². The van der Waals surface area contributed by atoms with Gasteiger partial charge in [-0.3, -0.25) is 0 Å². The van der Waals surface area contributed by atoms with Crippen LogP contribution in [0.3, 0.4) is 0 Å². The number of hydrogen-bond acceptors (Lipinski definition) is 6. The van der Waals surface area contributed by atoms with Gasteiger partial charge in [0.2, 0.25) is 0 Å². The van der Waals surface area contributed by atoms with E-state index in [2.05, 4.69) is 10.2 Å². The van der Waals surface area contributed by atoms with E-state index in [0.717, 1.165) is 34.0 Å². The Hall–Kier alpha value is -5.24. The number of amidine groups is 2. The Morgan fingerprint density at radius 3 is 2.45 bits per heavy atom. The van der Waals surface area contributed by atoms with Gasteiger partial charge < -0.3 is 15.0 Å². The van der Waals surface area contributed by atoms with Crippen LogP contribution >= 0.6 is 0 Å². The minimum Gasteiger partial charge on any atom is -0.497 e. The molecule has 196 valence electrons. The molecule has 0 saturated heterocycles. The molecule has 0 saturated carbocycles. The molecule has 0 aliphatic carbocycles. The van der Waals surface area contributed by atoms with Crippen LogP contribution in [0.2, 0.25) is 0 Å². The summed E-state index contributed by atoms with van der Waals surface area (Å²) in [5.74, 6) is 2.17. The zero-order valence-corrected chi connectivity index (χ0v) is 21.9. The first-order valence-electron chi connectivity index (χ1n) is 13.0. The number of anilines is 2. The van der Waals surface area contributed by atoms with Gasteiger partial charge in [-0.25, -0.2) is 19.1 Å². The van der Waals surface area contributed by atoms with Crippen LogP contribution in [0, 0.1) is 12.7 Å². The molecule has 1 atom stereocenters. The maximum absolute atomic E-state index is 15.6. The average Bonchev–Trinajstić information content (AvgIpc) is 3.33. The molecular weight excluding hydrogens is 503 g/mol. The Labute approximate surface area is 230 Å². The lowest BCUT2D eigenvalue weighted by atomic mass is 9.93. The third-order valence-electron chi connectivity index (χ3n) is 7.17. The molecule has 5 aromatic rings. The number of hydrogen-bond donors (Lipinski definition) is 1. The molecule has 40 heavy (non-hydrogen) atoms. The van der Waals surface area contributed by atoms with Crippen molar-refractivity contribution in [2.45, 2.75) is 13.0 Å². The van der Waals surface area contributed by atoms with E-state index in [9.17, 15) is 0 Å². The summed E-state index contributed by atoms with van der Waals surface area (Å²) in [6.45, 7) is 1.95. The Bertz CT molecular complexity index is 1810. The fourth-order valence-corrected chi connectivity index (χ4v) is 5.38. The fraction of sp³-hybridized carbons (Fsp3) is 0.0938. The van der Waals surface area contributed by atoms with Crippen molar-refractivity contribution >= 4 is 34.6 Å². The molecule has 4 aromatic carbocycles. The van der Waals surface area contributed by atoms with Crippen LogP contribution in [0.4, 0.5) is 27.3 Å². The van der Waals surface area contributed by atoms with Gasteiger partial charge in [0.1, 0.15) is 11.6 Å². The van der Waals surface area contributed by atoms with Crippen LogP contribution in [-0.4, -0.2) is 28.6 Å². The normalized spacial score (nSPS) is 15.4. The molecule has 0 radical (unpaired) electrons. The van der Waals surface area contributed by atoms with Crippen molar-refractivity contribution in [3.05, 3.63) is 126 Å². The maximum atomic E-state index is 15.6. The molecule has 0 bridgehead atoms. The molecule has 0 amide bonds. The quantitative estimate of drug-likeness (QED) is 0.270. The molecule has 0 fully saturated rings. The van der Waals surface area contributed by atoms with Gasteiger partial charge in [0, 0.05) is 22.9 Å². The Balaban J connectivity index is 1.50. The summed E-state index contributed by atoms with van der Waals surface area (Å²) in [6.07, 6.45) is 0. The van der Waals surface area contributed by atoms with E-state index < -0.39 is 6.04 Å². The summed E-state index contributed by atoms with van der Waals surface area (Å²) >= 11 is 0. The van der Waals surface area contributed by atoms with Gasteiger partial charge in [-0.2, -0.15) is 5.10 Å². The number of rotatable bonds is 4. The second kappa shape index (κ2) is 9.50. The molecular formula is C32H25FN6O.